The van der Waals surface area contributed by atoms with Crippen LogP contribution in [0.2, 0.25) is 0 Å². The minimum atomic E-state index is -1.16. The molecule has 0 saturated carbocycles. The van der Waals surface area contributed by atoms with Crippen LogP contribution in [0.25, 0.3) is 0 Å². The van der Waals surface area contributed by atoms with E-state index in [9.17, 15) is 14.4 Å². The van der Waals surface area contributed by atoms with Crippen LogP contribution < -0.4 is 10.6 Å². The topological polar surface area (TPSA) is 78.5 Å². The van der Waals surface area contributed by atoms with Gasteiger partial charge >= 0.3 is 0 Å². The summed E-state index contributed by atoms with van der Waals surface area (Å²) in [5.74, 6) is -1.81. The van der Waals surface area contributed by atoms with Gasteiger partial charge in [-0.2, -0.15) is 0 Å². The van der Waals surface area contributed by atoms with Crippen molar-refractivity contribution in [1.29, 1.82) is 0 Å². The number of nitrogens with one attached hydrogen (secondary N) is 2. The van der Waals surface area contributed by atoms with Gasteiger partial charge in [0.05, 0.1) is 11.8 Å². The lowest BCUT2D eigenvalue weighted by Gasteiger charge is -2.30. The fourth-order valence-corrected chi connectivity index (χ4v) is 5.06. The molecule has 0 aliphatic carbocycles. The maximum Gasteiger partial charge on any atom is 0.250 e. The minimum Gasteiger partial charge on any atom is -0.324 e. The van der Waals surface area contributed by atoms with E-state index in [-0.39, 0.29) is 29.8 Å². The molecule has 1 spiro atoms. The molecule has 0 radical (unpaired) electrons. The Morgan fingerprint density at radius 1 is 1.19 bits per heavy atom. The Bertz CT molecular complexity index is 849. The summed E-state index contributed by atoms with van der Waals surface area (Å²) in [5.41, 5.74) is 2.41. The van der Waals surface area contributed by atoms with Gasteiger partial charge in [0.2, 0.25) is 17.7 Å². The molecule has 1 aromatic carbocycles. The average molecular weight is 355 g/mol. The van der Waals surface area contributed by atoms with Gasteiger partial charge in [0, 0.05) is 23.3 Å². The number of nitrogens with zero attached hydrogens (tertiary/aromatic N) is 1. The fourth-order valence-electron chi connectivity index (χ4n) is 5.06. The summed E-state index contributed by atoms with van der Waals surface area (Å²) in [6.45, 7) is 9.67. The van der Waals surface area contributed by atoms with E-state index in [0.29, 0.717) is 6.42 Å². The fraction of sp³-hybridized carbons (Fsp3) is 0.550. The van der Waals surface area contributed by atoms with Crippen LogP contribution in [0.3, 0.4) is 0 Å². The molecule has 3 aliphatic heterocycles. The van der Waals surface area contributed by atoms with Gasteiger partial charge in [-0.25, -0.2) is 0 Å². The van der Waals surface area contributed by atoms with E-state index in [4.69, 9.17) is 0 Å². The van der Waals surface area contributed by atoms with Gasteiger partial charge in [0.15, 0.2) is 0 Å². The van der Waals surface area contributed by atoms with Crippen LogP contribution in [-0.4, -0.2) is 34.7 Å². The number of rotatable bonds is 2. The van der Waals surface area contributed by atoms with E-state index in [0.717, 1.165) is 22.4 Å². The van der Waals surface area contributed by atoms with E-state index in [1.54, 1.807) is 0 Å². The van der Waals surface area contributed by atoms with Crippen molar-refractivity contribution < 1.29 is 14.4 Å². The Hall–Kier alpha value is -2.21. The molecule has 2 fully saturated rings. The molecule has 6 heteroatoms. The number of carbonyl (C=O) groups is 3. The zero-order chi connectivity index (χ0) is 19.0. The van der Waals surface area contributed by atoms with E-state index < -0.39 is 17.4 Å². The lowest BCUT2D eigenvalue weighted by atomic mass is 9.76. The van der Waals surface area contributed by atoms with Crippen molar-refractivity contribution in [2.45, 2.75) is 58.7 Å². The zero-order valence-corrected chi connectivity index (χ0v) is 15.8. The summed E-state index contributed by atoms with van der Waals surface area (Å²) >= 11 is 0. The summed E-state index contributed by atoms with van der Waals surface area (Å²) < 4.78 is 0. The highest BCUT2D eigenvalue weighted by Gasteiger charge is 2.70. The molecule has 138 valence electrons. The standard InChI is InChI=1S/C20H25N3O3/c1-6-11(4)23-17(24)14-12(5)22-20(15(14)18(23)25)13-8-9(2)7-10(3)16(13)21-19(20)26/h7-8,11-12,14-15,22H,6H2,1-5H3,(H,21,26)/t11-,12+,14+,15-,20-/m0/s1. The molecule has 0 aromatic heterocycles. The molecule has 2 saturated heterocycles. The molecule has 26 heavy (non-hydrogen) atoms. The molecular weight excluding hydrogens is 330 g/mol. The molecule has 0 bridgehead atoms. The lowest BCUT2D eigenvalue weighted by Crippen LogP contribution is -2.53. The van der Waals surface area contributed by atoms with Crippen molar-refractivity contribution in [3.8, 4) is 0 Å². The van der Waals surface area contributed by atoms with Crippen LogP contribution in [-0.2, 0) is 19.9 Å². The molecule has 0 unspecified atom stereocenters. The van der Waals surface area contributed by atoms with Crippen molar-refractivity contribution >= 4 is 23.4 Å². The third-order valence-corrected chi connectivity index (χ3v) is 6.38. The molecule has 4 rings (SSSR count). The van der Waals surface area contributed by atoms with Gasteiger partial charge in [-0.1, -0.05) is 24.6 Å². The van der Waals surface area contributed by atoms with Gasteiger partial charge in [-0.3, -0.25) is 24.6 Å². The quantitative estimate of drug-likeness (QED) is 0.794. The SMILES string of the molecule is CC[C@H](C)N1C(=O)[C@H]2[C@@H](C1=O)[C@]1(N[C@@H]2C)C(=O)Nc2c(C)cc(C)cc21. The van der Waals surface area contributed by atoms with Crippen molar-refractivity contribution in [1.82, 2.24) is 10.2 Å². The summed E-state index contributed by atoms with van der Waals surface area (Å²) in [4.78, 5) is 40.9. The normalized spacial score (nSPS) is 33.7. The van der Waals surface area contributed by atoms with Crippen LogP contribution >= 0.6 is 0 Å². The first-order valence-corrected chi connectivity index (χ1v) is 9.31. The minimum absolute atomic E-state index is 0.156. The molecule has 1 aromatic rings. The number of benzene rings is 1. The van der Waals surface area contributed by atoms with Crippen LogP contribution in [0.4, 0.5) is 5.69 Å². The second-order valence-corrected chi connectivity index (χ2v) is 8.01. The molecule has 3 heterocycles. The maximum absolute atomic E-state index is 13.3. The Labute approximate surface area is 153 Å². The Morgan fingerprint density at radius 3 is 2.54 bits per heavy atom. The number of likely N-dealkylation sites (tertiary alicyclic amines) is 1. The third-order valence-electron chi connectivity index (χ3n) is 6.38. The summed E-state index contributed by atoms with van der Waals surface area (Å²) in [6, 6.07) is 3.57. The van der Waals surface area contributed by atoms with Gasteiger partial charge < -0.3 is 5.32 Å². The highest BCUT2D eigenvalue weighted by atomic mass is 16.2. The summed E-state index contributed by atoms with van der Waals surface area (Å²) in [6.07, 6.45) is 0.701. The molecule has 6 nitrogen and oxygen atoms in total. The predicted molar refractivity (Wildman–Crippen MR) is 97.4 cm³/mol. The monoisotopic (exact) mass is 355 g/mol. The maximum atomic E-state index is 13.3. The molecule has 3 amide bonds. The smallest absolute Gasteiger partial charge is 0.250 e. The van der Waals surface area contributed by atoms with E-state index in [1.807, 2.05) is 46.8 Å². The average Bonchev–Trinajstić information content (AvgIpc) is 3.13. The Kier molecular flexibility index (Phi) is 3.57. The van der Waals surface area contributed by atoms with Crippen LogP contribution in [0.15, 0.2) is 12.1 Å². The molecule has 5 atom stereocenters. The van der Waals surface area contributed by atoms with Gasteiger partial charge in [0.25, 0.3) is 0 Å². The number of carbonyl (C=O) groups excluding carboxylic acids is 3. The van der Waals surface area contributed by atoms with E-state index in [2.05, 4.69) is 10.6 Å². The number of anilines is 1. The first-order chi connectivity index (χ1) is 12.2. The summed E-state index contributed by atoms with van der Waals surface area (Å²) in [7, 11) is 0. The second-order valence-electron chi connectivity index (χ2n) is 8.01. The number of hydrogen-bond donors (Lipinski definition) is 2. The van der Waals surface area contributed by atoms with Gasteiger partial charge in [0.1, 0.15) is 5.54 Å². The van der Waals surface area contributed by atoms with Crippen molar-refractivity contribution in [2.24, 2.45) is 11.8 Å². The lowest BCUT2D eigenvalue weighted by molar-refractivity contribution is -0.145. The third kappa shape index (κ3) is 1.88. The second kappa shape index (κ2) is 5.39. The first kappa shape index (κ1) is 17.2. The van der Waals surface area contributed by atoms with Crippen molar-refractivity contribution in [2.75, 3.05) is 5.32 Å². The first-order valence-electron chi connectivity index (χ1n) is 9.31. The van der Waals surface area contributed by atoms with Crippen LogP contribution in [0, 0.1) is 25.7 Å². The Morgan fingerprint density at radius 2 is 1.88 bits per heavy atom. The van der Waals surface area contributed by atoms with Crippen LogP contribution in [0.5, 0.6) is 0 Å². The molecule has 2 N–H and O–H groups in total. The number of amides is 3. The van der Waals surface area contributed by atoms with Gasteiger partial charge in [-0.05, 0) is 39.7 Å². The number of hydrogen-bond acceptors (Lipinski definition) is 4. The predicted octanol–water partition coefficient (Wildman–Crippen LogP) is 1.84. The number of aryl methyl sites for hydroxylation is 2. The van der Waals surface area contributed by atoms with Gasteiger partial charge in [-0.15, -0.1) is 0 Å². The van der Waals surface area contributed by atoms with Crippen LogP contribution in [0.1, 0.15) is 43.9 Å². The summed E-state index contributed by atoms with van der Waals surface area (Å²) in [5, 5.41) is 6.32. The number of fused-ring (bicyclic) bond motifs is 4. The number of imide groups is 1. The van der Waals surface area contributed by atoms with Crippen molar-refractivity contribution in [3.05, 3.63) is 28.8 Å². The van der Waals surface area contributed by atoms with E-state index in [1.165, 1.54) is 4.90 Å². The largest absolute Gasteiger partial charge is 0.324 e. The highest BCUT2D eigenvalue weighted by Crippen LogP contribution is 2.53. The van der Waals surface area contributed by atoms with E-state index >= 15 is 0 Å². The van der Waals surface area contributed by atoms with Crippen molar-refractivity contribution in [3.63, 3.8) is 0 Å². The molecular formula is C20H25N3O3. The highest BCUT2D eigenvalue weighted by molar-refractivity contribution is 6.15. The molecule has 3 aliphatic rings. The Balaban J connectivity index is 1.91. The zero-order valence-electron chi connectivity index (χ0n) is 15.8.